The number of aryl methyl sites for hydroxylation is 2. The zero-order valence-corrected chi connectivity index (χ0v) is 16.6. The summed E-state index contributed by atoms with van der Waals surface area (Å²) in [4.78, 5) is 28.1. The average molecular weight is 382 g/mol. The minimum atomic E-state index is -0.265. The zero-order chi connectivity index (χ0) is 20.7. The number of carbonyl (C=O) groups is 2. The summed E-state index contributed by atoms with van der Waals surface area (Å²) in [5.74, 6) is 0.580. The van der Waals surface area contributed by atoms with E-state index in [1.807, 2.05) is 13.8 Å². The average Bonchev–Trinajstić information content (AvgIpc) is 2.99. The van der Waals surface area contributed by atoms with E-state index >= 15 is 0 Å². The summed E-state index contributed by atoms with van der Waals surface area (Å²) in [7, 11) is 1.70. The maximum Gasteiger partial charge on any atom is 0.321 e. The van der Waals surface area contributed by atoms with E-state index in [0.717, 1.165) is 11.3 Å². The van der Waals surface area contributed by atoms with Crippen LogP contribution in [0, 0.1) is 13.8 Å². The van der Waals surface area contributed by atoms with Crippen molar-refractivity contribution in [2.45, 2.75) is 20.4 Å². The third-order valence-electron chi connectivity index (χ3n) is 4.29. The quantitative estimate of drug-likeness (QED) is 0.705. The molecule has 2 aromatic rings. The fourth-order valence-electron chi connectivity index (χ4n) is 2.69. The van der Waals surface area contributed by atoms with Gasteiger partial charge in [-0.2, -0.15) is 0 Å². The number of nitrogens with zero attached hydrogens (tertiary/aromatic N) is 3. The number of benzene rings is 1. The normalized spacial score (nSPS) is 10.2. The summed E-state index contributed by atoms with van der Waals surface area (Å²) in [6.45, 7) is 12.3. The molecule has 1 N–H and O–H groups in total. The van der Waals surface area contributed by atoms with Gasteiger partial charge in [0.1, 0.15) is 5.76 Å². The molecule has 1 aromatic carbocycles. The number of nitrogens with one attached hydrogen (secondary N) is 1. The summed E-state index contributed by atoms with van der Waals surface area (Å²) >= 11 is 0. The molecule has 0 atom stereocenters. The van der Waals surface area contributed by atoms with Crippen LogP contribution in [-0.4, -0.2) is 47.0 Å². The van der Waals surface area contributed by atoms with Crippen molar-refractivity contribution in [2.24, 2.45) is 0 Å². The fourth-order valence-corrected chi connectivity index (χ4v) is 2.69. The van der Waals surface area contributed by atoms with Gasteiger partial charge in [0.25, 0.3) is 5.91 Å². The molecule has 0 unspecified atom stereocenters. The first-order valence-electron chi connectivity index (χ1n) is 8.92. The minimum Gasteiger partial charge on any atom is -0.361 e. The molecule has 0 bridgehead atoms. The van der Waals surface area contributed by atoms with Gasteiger partial charge in [0.2, 0.25) is 0 Å². The second-order valence-corrected chi connectivity index (χ2v) is 6.45. The Morgan fingerprint density at radius 1 is 1.14 bits per heavy atom. The Hall–Kier alpha value is -3.35. The number of hydrogen-bond donors (Lipinski definition) is 1. The predicted molar refractivity (Wildman–Crippen MR) is 109 cm³/mol. The van der Waals surface area contributed by atoms with Crippen molar-refractivity contribution in [1.29, 1.82) is 0 Å². The Morgan fingerprint density at radius 3 is 2.25 bits per heavy atom. The number of anilines is 1. The van der Waals surface area contributed by atoms with Crippen molar-refractivity contribution >= 4 is 17.6 Å². The summed E-state index contributed by atoms with van der Waals surface area (Å²) in [5.41, 5.74) is 2.80. The first-order valence-corrected chi connectivity index (χ1v) is 8.92. The number of aromatic nitrogens is 1. The Balaban J connectivity index is 2.01. The Labute approximate surface area is 165 Å². The third kappa shape index (κ3) is 5.09. The smallest absolute Gasteiger partial charge is 0.321 e. The van der Waals surface area contributed by atoms with Gasteiger partial charge >= 0.3 is 6.03 Å². The number of rotatable bonds is 8. The van der Waals surface area contributed by atoms with Crippen LogP contribution in [0.3, 0.4) is 0 Å². The molecule has 2 rings (SSSR count). The fraction of sp³-hybridized carbons (Fsp3) is 0.286. The molecule has 0 saturated heterocycles. The molecule has 0 aliphatic carbocycles. The van der Waals surface area contributed by atoms with Crippen LogP contribution in [0.1, 0.15) is 27.4 Å². The molecule has 0 saturated carbocycles. The lowest BCUT2D eigenvalue weighted by atomic mass is 10.1. The van der Waals surface area contributed by atoms with Gasteiger partial charge in [-0.05, 0) is 38.1 Å². The largest absolute Gasteiger partial charge is 0.361 e. The molecule has 0 aliphatic heterocycles. The summed E-state index contributed by atoms with van der Waals surface area (Å²) in [5, 5.41) is 6.72. The highest BCUT2D eigenvalue weighted by atomic mass is 16.5. The van der Waals surface area contributed by atoms with E-state index in [1.165, 1.54) is 0 Å². The maximum absolute atomic E-state index is 12.5. The van der Waals surface area contributed by atoms with Crippen LogP contribution in [0.15, 0.2) is 54.1 Å². The van der Waals surface area contributed by atoms with Crippen LogP contribution < -0.4 is 5.32 Å². The molecule has 0 radical (unpaired) electrons. The summed E-state index contributed by atoms with van der Waals surface area (Å²) in [6, 6.07) is 6.51. The van der Waals surface area contributed by atoms with E-state index in [-0.39, 0.29) is 11.9 Å². The number of amides is 3. The maximum atomic E-state index is 12.5. The first-order chi connectivity index (χ1) is 13.4. The van der Waals surface area contributed by atoms with E-state index < -0.39 is 0 Å². The molecule has 148 valence electrons. The van der Waals surface area contributed by atoms with E-state index in [0.29, 0.717) is 36.6 Å². The number of hydrogen-bond acceptors (Lipinski definition) is 4. The molecule has 1 heterocycles. The van der Waals surface area contributed by atoms with Gasteiger partial charge in [0.15, 0.2) is 0 Å². The van der Waals surface area contributed by atoms with Crippen molar-refractivity contribution in [3.8, 4) is 0 Å². The SMILES string of the molecule is C=CCN(CC=C)C(=O)c1ccc(NC(=O)N(C)Cc2c(C)noc2C)cc1. The van der Waals surface area contributed by atoms with E-state index in [1.54, 1.807) is 53.3 Å². The lowest BCUT2D eigenvalue weighted by Crippen LogP contribution is -2.32. The monoisotopic (exact) mass is 382 g/mol. The molecule has 0 aliphatic rings. The van der Waals surface area contributed by atoms with E-state index in [9.17, 15) is 9.59 Å². The Kier molecular flexibility index (Phi) is 7.14. The van der Waals surface area contributed by atoms with Gasteiger partial charge in [-0.15, -0.1) is 13.2 Å². The first kappa shape index (κ1) is 21.0. The molecular formula is C21H26N4O3. The van der Waals surface area contributed by atoms with E-state index in [4.69, 9.17) is 4.52 Å². The summed E-state index contributed by atoms with van der Waals surface area (Å²) < 4.78 is 5.13. The summed E-state index contributed by atoms with van der Waals surface area (Å²) in [6.07, 6.45) is 3.34. The van der Waals surface area contributed by atoms with Crippen LogP contribution in [-0.2, 0) is 6.54 Å². The van der Waals surface area contributed by atoms with Gasteiger partial charge in [0.05, 0.1) is 12.2 Å². The van der Waals surface area contributed by atoms with Crippen LogP contribution in [0.4, 0.5) is 10.5 Å². The molecular weight excluding hydrogens is 356 g/mol. The molecule has 0 spiro atoms. The lowest BCUT2D eigenvalue weighted by Gasteiger charge is -2.20. The highest BCUT2D eigenvalue weighted by Gasteiger charge is 2.16. The van der Waals surface area contributed by atoms with Crippen LogP contribution in [0.25, 0.3) is 0 Å². The van der Waals surface area contributed by atoms with Gasteiger partial charge in [-0.3, -0.25) is 4.79 Å². The Bertz CT molecular complexity index is 826. The standard InChI is InChI=1S/C21H26N4O3/c1-6-12-25(13-7-2)20(26)17-8-10-18(11-9-17)22-21(27)24(5)14-19-15(3)23-28-16(19)4/h6-11H,1-2,12-14H2,3-5H3,(H,22,27). The number of carbonyl (C=O) groups excluding carboxylic acids is 2. The van der Waals surface area contributed by atoms with Crippen molar-refractivity contribution in [2.75, 3.05) is 25.5 Å². The van der Waals surface area contributed by atoms with Crippen molar-refractivity contribution in [1.82, 2.24) is 15.0 Å². The van der Waals surface area contributed by atoms with Crippen molar-refractivity contribution in [3.05, 3.63) is 72.2 Å². The molecule has 7 nitrogen and oxygen atoms in total. The van der Waals surface area contributed by atoms with E-state index in [2.05, 4.69) is 23.6 Å². The molecule has 1 aromatic heterocycles. The topological polar surface area (TPSA) is 78.7 Å². The highest BCUT2D eigenvalue weighted by Crippen LogP contribution is 2.16. The van der Waals surface area contributed by atoms with Crippen LogP contribution in [0.5, 0.6) is 0 Å². The van der Waals surface area contributed by atoms with Gasteiger partial charge in [-0.1, -0.05) is 17.3 Å². The second kappa shape index (κ2) is 9.55. The van der Waals surface area contributed by atoms with Gasteiger partial charge < -0.3 is 19.6 Å². The zero-order valence-electron chi connectivity index (χ0n) is 16.6. The molecule has 0 fully saturated rings. The molecule has 3 amide bonds. The lowest BCUT2D eigenvalue weighted by molar-refractivity contribution is 0.0791. The van der Waals surface area contributed by atoms with Crippen LogP contribution in [0.2, 0.25) is 0 Å². The minimum absolute atomic E-state index is 0.117. The Morgan fingerprint density at radius 2 is 1.75 bits per heavy atom. The van der Waals surface area contributed by atoms with Crippen molar-refractivity contribution < 1.29 is 14.1 Å². The highest BCUT2D eigenvalue weighted by molar-refractivity contribution is 5.95. The van der Waals surface area contributed by atoms with Gasteiger partial charge in [-0.25, -0.2) is 4.79 Å². The molecule has 28 heavy (non-hydrogen) atoms. The number of urea groups is 1. The predicted octanol–water partition coefficient (Wildman–Crippen LogP) is 3.77. The third-order valence-corrected chi connectivity index (χ3v) is 4.29. The van der Waals surface area contributed by atoms with Crippen LogP contribution >= 0.6 is 0 Å². The second-order valence-electron chi connectivity index (χ2n) is 6.45. The van der Waals surface area contributed by atoms with Gasteiger partial charge in [0, 0.05) is 37.0 Å². The molecule has 7 heteroatoms. The van der Waals surface area contributed by atoms with Crippen molar-refractivity contribution in [3.63, 3.8) is 0 Å².